The van der Waals surface area contributed by atoms with Crippen molar-refractivity contribution in [3.05, 3.63) is 70.3 Å². The molecule has 0 radical (unpaired) electrons. The molecule has 0 fully saturated rings. The van der Waals surface area contributed by atoms with Crippen molar-refractivity contribution in [2.75, 3.05) is 14.2 Å². The van der Waals surface area contributed by atoms with E-state index in [1.165, 1.54) is 17.5 Å². The van der Waals surface area contributed by atoms with Crippen molar-refractivity contribution in [2.45, 2.75) is 18.9 Å². The van der Waals surface area contributed by atoms with E-state index in [0.717, 1.165) is 24.1 Å². The highest BCUT2D eigenvalue weighted by Crippen LogP contribution is 2.37. The summed E-state index contributed by atoms with van der Waals surface area (Å²) >= 11 is 0. The summed E-state index contributed by atoms with van der Waals surface area (Å²) in [5.74, 6) is 1.16. The number of rotatable bonds is 4. The van der Waals surface area contributed by atoms with Gasteiger partial charge < -0.3 is 18.9 Å². The Bertz CT molecular complexity index is 1260. The highest BCUT2D eigenvalue weighted by atomic mass is 16.5. The number of pyridine rings is 1. The van der Waals surface area contributed by atoms with Gasteiger partial charge >= 0.3 is 0 Å². The van der Waals surface area contributed by atoms with Crippen LogP contribution < -0.4 is 10.2 Å². The van der Waals surface area contributed by atoms with Gasteiger partial charge in [0.15, 0.2) is 17.6 Å². The molecule has 0 saturated carbocycles. The Morgan fingerprint density at radius 3 is 2.83 bits per heavy atom. The molecule has 5 rings (SSSR count). The van der Waals surface area contributed by atoms with E-state index in [-0.39, 0.29) is 11.5 Å². The van der Waals surface area contributed by atoms with Crippen LogP contribution in [0.5, 0.6) is 5.75 Å². The van der Waals surface area contributed by atoms with Gasteiger partial charge in [-0.05, 0) is 41.7 Å². The van der Waals surface area contributed by atoms with Crippen LogP contribution in [0.2, 0.25) is 0 Å². The summed E-state index contributed by atoms with van der Waals surface area (Å²) in [4.78, 5) is 20.3. The number of fused-ring (bicyclic) bond motifs is 2. The van der Waals surface area contributed by atoms with Gasteiger partial charge in [-0.1, -0.05) is 12.1 Å². The van der Waals surface area contributed by atoms with E-state index in [0.29, 0.717) is 28.0 Å². The minimum absolute atomic E-state index is 0.0686. The van der Waals surface area contributed by atoms with Gasteiger partial charge in [-0.15, -0.1) is 0 Å². The van der Waals surface area contributed by atoms with Gasteiger partial charge in [0.05, 0.1) is 30.5 Å². The van der Waals surface area contributed by atoms with Gasteiger partial charge in [-0.3, -0.25) is 4.79 Å². The highest BCUT2D eigenvalue weighted by molar-refractivity contribution is 5.88. The molecule has 146 valence electrons. The summed E-state index contributed by atoms with van der Waals surface area (Å²) in [6.45, 7) is 0. The molecule has 1 unspecified atom stereocenters. The molecule has 1 N–H and O–H groups in total. The zero-order chi connectivity index (χ0) is 20.0. The van der Waals surface area contributed by atoms with Crippen LogP contribution in [-0.4, -0.2) is 24.2 Å². The predicted molar refractivity (Wildman–Crippen MR) is 110 cm³/mol. The van der Waals surface area contributed by atoms with Crippen molar-refractivity contribution in [1.29, 1.82) is 0 Å². The van der Waals surface area contributed by atoms with Crippen molar-refractivity contribution in [3.63, 3.8) is 0 Å². The molecule has 0 amide bonds. The van der Waals surface area contributed by atoms with Gasteiger partial charge in [0.25, 0.3) is 0 Å². The third-order valence-corrected chi connectivity index (χ3v) is 5.61. The highest BCUT2D eigenvalue weighted by Gasteiger charge is 2.22. The van der Waals surface area contributed by atoms with Gasteiger partial charge in [-0.2, -0.15) is 0 Å². The molecule has 6 nitrogen and oxygen atoms in total. The maximum Gasteiger partial charge on any atom is 0.190 e. The monoisotopic (exact) mass is 388 g/mol. The molecule has 4 aromatic rings. The number of nitrogens with zero attached hydrogens (tertiary/aromatic N) is 1. The van der Waals surface area contributed by atoms with Crippen LogP contribution in [0.3, 0.4) is 0 Å². The average Bonchev–Trinajstić information content (AvgIpc) is 3.42. The average molecular weight is 388 g/mol. The van der Waals surface area contributed by atoms with Gasteiger partial charge in [0, 0.05) is 30.3 Å². The lowest BCUT2D eigenvalue weighted by molar-refractivity contribution is 0.105. The summed E-state index contributed by atoms with van der Waals surface area (Å²) in [6, 6.07) is 11.5. The molecular weight excluding hydrogens is 368 g/mol. The summed E-state index contributed by atoms with van der Waals surface area (Å²) < 4.78 is 16.5. The van der Waals surface area contributed by atoms with Crippen LogP contribution >= 0.6 is 0 Å². The number of methoxy groups -OCH3 is 2. The lowest BCUT2D eigenvalue weighted by atomic mass is 10.0. The van der Waals surface area contributed by atoms with Crippen LogP contribution in [0.1, 0.15) is 23.7 Å². The number of hydrogen-bond donors (Lipinski definition) is 1. The zero-order valence-corrected chi connectivity index (χ0v) is 16.2. The summed E-state index contributed by atoms with van der Waals surface area (Å²) in [5, 5.41) is 0.567. The second-order valence-corrected chi connectivity index (χ2v) is 7.19. The van der Waals surface area contributed by atoms with E-state index in [9.17, 15) is 4.79 Å². The molecule has 0 spiro atoms. The number of nitrogens with one attached hydrogen (secondary N) is 1. The van der Waals surface area contributed by atoms with Crippen LogP contribution in [0.15, 0.2) is 58.2 Å². The molecule has 2 aromatic heterocycles. The largest absolute Gasteiger partial charge is 0.496 e. The number of oxazole rings is 1. The summed E-state index contributed by atoms with van der Waals surface area (Å²) in [7, 11) is 3.33. The Labute approximate surface area is 167 Å². The molecule has 6 heteroatoms. The first-order valence-corrected chi connectivity index (χ1v) is 9.48. The van der Waals surface area contributed by atoms with Crippen molar-refractivity contribution in [2.24, 2.45) is 0 Å². The van der Waals surface area contributed by atoms with E-state index < -0.39 is 0 Å². The number of H-pyrrole nitrogens is 1. The molecule has 2 aromatic carbocycles. The first-order chi connectivity index (χ1) is 14.2. The number of ether oxygens (including phenoxy) is 2. The van der Waals surface area contributed by atoms with Crippen LogP contribution in [0.4, 0.5) is 0 Å². The normalized spacial score (nSPS) is 15.6. The van der Waals surface area contributed by atoms with Crippen LogP contribution in [-0.2, 0) is 11.2 Å². The summed E-state index contributed by atoms with van der Waals surface area (Å²) in [5.41, 5.74) is 5.56. The van der Waals surface area contributed by atoms with Crippen molar-refractivity contribution < 1.29 is 13.9 Å². The SMILES string of the molecule is COc1cc2[nH]c(-c3ccc4c(c3)C(OC)CC4)cc(=O)c2cc1-c1cnco1. The summed E-state index contributed by atoms with van der Waals surface area (Å²) in [6.07, 6.45) is 5.08. The minimum Gasteiger partial charge on any atom is -0.496 e. The number of aromatic nitrogens is 2. The zero-order valence-electron chi connectivity index (χ0n) is 16.2. The Kier molecular flexibility index (Phi) is 4.21. The third-order valence-electron chi connectivity index (χ3n) is 5.61. The fourth-order valence-electron chi connectivity index (χ4n) is 4.12. The smallest absolute Gasteiger partial charge is 0.190 e. The Balaban J connectivity index is 1.66. The fraction of sp³-hybridized carbons (Fsp3) is 0.217. The van der Waals surface area contributed by atoms with Crippen molar-refractivity contribution in [1.82, 2.24) is 9.97 Å². The Morgan fingerprint density at radius 2 is 2.07 bits per heavy atom. The lowest BCUT2D eigenvalue weighted by Crippen LogP contribution is -2.04. The van der Waals surface area contributed by atoms with Gasteiger partial charge in [-0.25, -0.2) is 4.98 Å². The molecule has 0 bridgehead atoms. The third kappa shape index (κ3) is 2.93. The predicted octanol–water partition coefficient (Wildman–Crippen LogP) is 4.49. The van der Waals surface area contributed by atoms with Gasteiger partial charge in [0.2, 0.25) is 0 Å². The second-order valence-electron chi connectivity index (χ2n) is 7.19. The van der Waals surface area contributed by atoms with Gasteiger partial charge in [0.1, 0.15) is 5.75 Å². The lowest BCUT2D eigenvalue weighted by Gasteiger charge is -2.12. The molecule has 29 heavy (non-hydrogen) atoms. The second kappa shape index (κ2) is 6.90. The standard InChI is InChI=1S/C23H20N2O4/c1-27-21-6-5-13-3-4-14(7-15(13)21)18-9-20(26)16-8-17(23-11-24-12-29-23)22(28-2)10-19(16)25-18/h3-4,7-12,21H,5-6H2,1-2H3,(H,25,26). The molecule has 0 aliphatic heterocycles. The number of aromatic amines is 1. The van der Waals surface area contributed by atoms with E-state index in [1.54, 1.807) is 32.5 Å². The molecule has 1 aliphatic carbocycles. The Morgan fingerprint density at radius 1 is 1.17 bits per heavy atom. The minimum atomic E-state index is -0.0686. The Hall–Kier alpha value is -3.38. The molecule has 0 saturated heterocycles. The van der Waals surface area contributed by atoms with Crippen LogP contribution in [0.25, 0.3) is 33.5 Å². The van der Waals surface area contributed by atoms with E-state index in [4.69, 9.17) is 13.9 Å². The molecule has 1 aliphatic rings. The quantitative estimate of drug-likeness (QED) is 0.557. The fourth-order valence-corrected chi connectivity index (χ4v) is 4.12. The van der Waals surface area contributed by atoms with Crippen LogP contribution in [0, 0.1) is 0 Å². The first kappa shape index (κ1) is 17.7. The van der Waals surface area contributed by atoms with E-state index in [1.807, 2.05) is 12.1 Å². The first-order valence-electron chi connectivity index (χ1n) is 9.48. The maximum absolute atomic E-state index is 12.9. The molecular formula is C23H20N2O4. The van der Waals surface area contributed by atoms with E-state index in [2.05, 4.69) is 22.1 Å². The van der Waals surface area contributed by atoms with E-state index >= 15 is 0 Å². The van der Waals surface area contributed by atoms with Crippen molar-refractivity contribution in [3.8, 4) is 28.3 Å². The maximum atomic E-state index is 12.9. The molecule has 1 atom stereocenters. The molecule has 2 heterocycles. The number of aryl methyl sites for hydroxylation is 1. The topological polar surface area (TPSA) is 77.4 Å². The number of hydrogen-bond acceptors (Lipinski definition) is 5. The van der Waals surface area contributed by atoms with Crippen molar-refractivity contribution >= 4 is 10.9 Å². The number of benzene rings is 2.